The first kappa shape index (κ1) is 9.20. The average Bonchev–Trinajstić information content (AvgIpc) is 1.62. The van der Waals surface area contributed by atoms with Gasteiger partial charge in [-0.2, -0.15) is 0 Å². The van der Waals surface area contributed by atoms with Crippen LogP contribution in [-0.2, 0) is 13.8 Å². The Balaban J connectivity index is 3.75. The summed E-state index contributed by atoms with van der Waals surface area (Å²) in [6.07, 6.45) is -0.326. The standard InChI is InChI=1S/C4H9ClO3S/c1-4(8-2)3-9(5,6)7/h4H,3H2,1-2H3. The Bertz CT molecular complexity index is 163. The Morgan fingerprint density at radius 1 is 1.67 bits per heavy atom. The minimum Gasteiger partial charge on any atom is -0.381 e. The van der Waals surface area contributed by atoms with Gasteiger partial charge in [0, 0.05) is 17.8 Å². The monoisotopic (exact) mass is 172 g/mol. The maximum atomic E-state index is 10.3. The molecule has 0 aliphatic heterocycles. The molecule has 56 valence electrons. The van der Waals surface area contributed by atoms with E-state index in [1.54, 1.807) is 6.92 Å². The SMILES string of the molecule is COC(C)CS(=O)(=O)Cl. The normalized spacial score (nSPS) is 15.4. The summed E-state index contributed by atoms with van der Waals surface area (Å²) in [6, 6.07) is 0. The number of rotatable bonds is 3. The predicted molar refractivity (Wildman–Crippen MR) is 36.1 cm³/mol. The number of hydrogen-bond acceptors (Lipinski definition) is 3. The predicted octanol–water partition coefficient (Wildman–Crippen LogP) is 0.590. The first-order valence-corrected chi connectivity index (χ1v) is 4.88. The van der Waals surface area contributed by atoms with E-state index in [4.69, 9.17) is 10.7 Å². The Labute approximate surface area is 59.4 Å². The molecule has 9 heavy (non-hydrogen) atoms. The first-order chi connectivity index (χ1) is 3.95. The lowest BCUT2D eigenvalue weighted by molar-refractivity contribution is 0.136. The molecule has 0 bridgehead atoms. The zero-order chi connectivity index (χ0) is 7.49. The van der Waals surface area contributed by atoms with Gasteiger partial charge in [0.15, 0.2) is 0 Å². The van der Waals surface area contributed by atoms with Crippen molar-refractivity contribution in [3.8, 4) is 0 Å². The lowest BCUT2D eigenvalue weighted by Crippen LogP contribution is -2.15. The molecule has 0 radical (unpaired) electrons. The van der Waals surface area contributed by atoms with Crippen LogP contribution in [0.15, 0.2) is 0 Å². The van der Waals surface area contributed by atoms with E-state index in [2.05, 4.69) is 4.74 Å². The fourth-order valence-corrected chi connectivity index (χ4v) is 1.58. The van der Waals surface area contributed by atoms with Gasteiger partial charge >= 0.3 is 0 Å². The lowest BCUT2D eigenvalue weighted by atomic mass is 10.5. The van der Waals surface area contributed by atoms with Gasteiger partial charge in [0.1, 0.15) is 0 Å². The van der Waals surface area contributed by atoms with E-state index in [9.17, 15) is 8.42 Å². The van der Waals surface area contributed by atoms with Crippen LogP contribution in [0.4, 0.5) is 0 Å². The summed E-state index contributed by atoms with van der Waals surface area (Å²) in [5.74, 6) is -0.134. The van der Waals surface area contributed by atoms with Crippen LogP contribution in [0.2, 0.25) is 0 Å². The summed E-state index contributed by atoms with van der Waals surface area (Å²) in [4.78, 5) is 0. The fraction of sp³-hybridized carbons (Fsp3) is 1.00. The maximum Gasteiger partial charge on any atom is 0.235 e. The van der Waals surface area contributed by atoms with Gasteiger partial charge in [-0.05, 0) is 6.92 Å². The molecule has 5 heteroatoms. The number of ether oxygens (including phenoxy) is 1. The van der Waals surface area contributed by atoms with Crippen molar-refractivity contribution in [1.29, 1.82) is 0 Å². The average molecular weight is 173 g/mol. The molecular weight excluding hydrogens is 164 g/mol. The minimum atomic E-state index is -3.39. The molecule has 0 N–H and O–H groups in total. The van der Waals surface area contributed by atoms with E-state index >= 15 is 0 Å². The summed E-state index contributed by atoms with van der Waals surface area (Å²) in [5, 5.41) is 0. The molecule has 0 spiro atoms. The van der Waals surface area contributed by atoms with Crippen LogP contribution in [0.25, 0.3) is 0 Å². The van der Waals surface area contributed by atoms with Gasteiger partial charge < -0.3 is 4.74 Å². The smallest absolute Gasteiger partial charge is 0.235 e. The van der Waals surface area contributed by atoms with Crippen molar-refractivity contribution in [2.45, 2.75) is 13.0 Å². The molecule has 0 aromatic carbocycles. The minimum absolute atomic E-state index is 0.134. The van der Waals surface area contributed by atoms with E-state index in [0.717, 1.165) is 0 Å². The van der Waals surface area contributed by atoms with Crippen molar-refractivity contribution in [2.75, 3.05) is 12.9 Å². The number of halogens is 1. The molecule has 0 amide bonds. The lowest BCUT2D eigenvalue weighted by Gasteiger charge is -2.04. The highest BCUT2D eigenvalue weighted by atomic mass is 35.7. The van der Waals surface area contributed by atoms with Crippen LogP contribution >= 0.6 is 10.7 Å². The third-order valence-corrected chi connectivity index (χ3v) is 2.08. The van der Waals surface area contributed by atoms with Crippen LogP contribution < -0.4 is 0 Å². The van der Waals surface area contributed by atoms with Gasteiger partial charge in [0.05, 0.1) is 11.9 Å². The summed E-state index contributed by atoms with van der Waals surface area (Å²) in [5.41, 5.74) is 0. The molecule has 1 unspecified atom stereocenters. The zero-order valence-corrected chi connectivity index (χ0v) is 6.87. The van der Waals surface area contributed by atoms with Crippen LogP contribution in [0.1, 0.15) is 6.92 Å². The van der Waals surface area contributed by atoms with Crippen LogP contribution in [0.3, 0.4) is 0 Å². The van der Waals surface area contributed by atoms with E-state index < -0.39 is 9.05 Å². The highest BCUT2D eigenvalue weighted by molar-refractivity contribution is 8.13. The van der Waals surface area contributed by atoms with Crippen molar-refractivity contribution in [2.24, 2.45) is 0 Å². The van der Waals surface area contributed by atoms with Crippen LogP contribution in [-0.4, -0.2) is 27.4 Å². The first-order valence-electron chi connectivity index (χ1n) is 2.41. The third kappa shape index (κ3) is 6.08. The van der Waals surface area contributed by atoms with Gasteiger partial charge in [-0.15, -0.1) is 0 Å². The molecular formula is C4H9ClO3S. The van der Waals surface area contributed by atoms with E-state index in [-0.39, 0.29) is 11.9 Å². The van der Waals surface area contributed by atoms with Gasteiger partial charge in [-0.3, -0.25) is 0 Å². The van der Waals surface area contributed by atoms with Gasteiger partial charge in [-0.1, -0.05) is 0 Å². The van der Waals surface area contributed by atoms with Crippen molar-refractivity contribution in [3.05, 3.63) is 0 Å². The second-order valence-electron chi connectivity index (χ2n) is 1.75. The molecule has 0 saturated heterocycles. The fourth-order valence-electron chi connectivity index (χ4n) is 0.348. The summed E-state index contributed by atoms with van der Waals surface area (Å²) in [6.45, 7) is 1.64. The second kappa shape index (κ2) is 3.39. The van der Waals surface area contributed by atoms with Crippen LogP contribution in [0.5, 0.6) is 0 Å². The molecule has 0 aromatic rings. The third-order valence-electron chi connectivity index (χ3n) is 0.836. The summed E-state index contributed by atoms with van der Waals surface area (Å²) in [7, 11) is 2.95. The van der Waals surface area contributed by atoms with Gasteiger partial charge in [0.25, 0.3) is 0 Å². The molecule has 1 atom stereocenters. The summed E-state index contributed by atoms with van der Waals surface area (Å²) >= 11 is 0. The molecule has 0 aliphatic carbocycles. The van der Waals surface area contributed by atoms with Gasteiger partial charge in [-0.25, -0.2) is 8.42 Å². The Morgan fingerprint density at radius 2 is 2.11 bits per heavy atom. The van der Waals surface area contributed by atoms with Crippen molar-refractivity contribution >= 4 is 19.7 Å². The quantitative estimate of drug-likeness (QED) is 0.586. The zero-order valence-electron chi connectivity index (χ0n) is 5.30. The van der Waals surface area contributed by atoms with Crippen molar-refractivity contribution < 1.29 is 13.2 Å². The second-order valence-corrected chi connectivity index (χ2v) is 4.57. The summed E-state index contributed by atoms with van der Waals surface area (Å²) < 4.78 is 25.2. The van der Waals surface area contributed by atoms with Crippen molar-refractivity contribution in [3.63, 3.8) is 0 Å². The molecule has 0 aromatic heterocycles. The van der Waals surface area contributed by atoms with E-state index in [1.165, 1.54) is 7.11 Å². The molecule has 0 saturated carbocycles. The van der Waals surface area contributed by atoms with Gasteiger partial charge in [0.2, 0.25) is 9.05 Å². The Morgan fingerprint density at radius 3 is 2.22 bits per heavy atom. The Kier molecular flexibility index (Phi) is 3.46. The Hall–Kier alpha value is 0.200. The number of methoxy groups -OCH3 is 1. The molecule has 0 aliphatic rings. The van der Waals surface area contributed by atoms with E-state index in [0.29, 0.717) is 0 Å². The van der Waals surface area contributed by atoms with E-state index in [1.807, 2.05) is 0 Å². The molecule has 0 heterocycles. The number of hydrogen-bond donors (Lipinski definition) is 0. The highest BCUT2D eigenvalue weighted by Gasteiger charge is 2.10. The molecule has 0 fully saturated rings. The largest absolute Gasteiger partial charge is 0.381 e. The maximum absolute atomic E-state index is 10.3. The molecule has 3 nitrogen and oxygen atoms in total. The molecule has 0 rings (SSSR count). The topological polar surface area (TPSA) is 43.4 Å². The van der Waals surface area contributed by atoms with Crippen LogP contribution in [0, 0.1) is 0 Å². The highest BCUT2D eigenvalue weighted by Crippen LogP contribution is 2.00. The van der Waals surface area contributed by atoms with Crippen molar-refractivity contribution in [1.82, 2.24) is 0 Å².